The van der Waals surface area contributed by atoms with Gasteiger partial charge in [-0.1, -0.05) is 17.7 Å². The molecule has 0 aliphatic carbocycles. The van der Waals surface area contributed by atoms with E-state index in [2.05, 4.69) is 5.32 Å². The van der Waals surface area contributed by atoms with Gasteiger partial charge in [0.1, 0.15) is 0 Å². The van der Waals surface area contributed by atoms with Crippen molar-refractivity contribution in [2.24, 2.45) is 7.05 Å². The van der Waals surface area contributed by atoms with E-state index in [1.165, 1.54) is 0 Å². The molecule has 0 radical (unpaired) electrons. The second kappa shape index (κ2) is 4.63. The summed E-state index contributed by atoms with van der Waals surface area (Å²) in [4.78, 5) is 11.9. The third-order valence-electron chi connectivity index (χ3n) is 2.54. The van der Waals surface area contributed by atoms with Gasteiger partial charge in [0.25, 0.3) is 5.91 Å². The van der Waals surface area contributed by atoms with E-state index in [1.54, 1.807) is 24.4 Å². The fourth-order valence-corrected chi connectivity index (χ4v) is 1.73. The van der Waals surface area contributed by atoms with E-state index in [1.807, 2.05) is 30.8 Å². The van der Waals surface area contributed by atoms with Crippen LogP contribution in [0.5, 0.6) is 0 Å². The molecule has 1 aromatic heterocycles. The molecule has 1 N–H and O–H groups in total. The summed E-state index contributed by atoms with van der Waals surface area (Å²) in [5, 5.41) is 3.45. The van der Waals surface area contributed by atoms with Gasteiger partial charge < -0.3 is 9.88 Å². The Morgan fingerprint density at radius 3 is 2.76 bits per heavy atom. The lowest BCUT2D eigenvalue weighted by molar-refractivity contribution is 0.102. The number of benzene rings is 1. The molecule has 2 aromatic rings. The van der Waals surface area contributed by atoms with E-state index in [0.29, 0.717) is 10.6 Å². The van der Waals surface area contributed by atoms with Gasteiger partial charge in [-0.15, -0.1) is 0 Å². The number of hydrogen-bond acceptors (Lipinski definition) is 1. The Morgan fingerprint density at radius 1 is 1.35 bits per heavy atom. The zero-order valence-electron chi connectivity index (χ0n) is 9.70. The molecule has 0 fully saturated rings. The molecule has 0 aliphatic heterocycles. The molecular formula is C13H13ClN2O. The van der Waals surface area contributed by atoms with Gasteiger partial charge in [-0.05, 0) is 30.7 Å². The van der Waals surface area contributed by atoms with Gasteiger partial charge >= 0.3 is 0 Å². The third kappa shape index (κ3) is 2.68. The van der Waals surface area contributed by atoms with E-state index in [0.717, 1.165) is 11.3 Å². The van der Waals surface area contributed by atoms with Crippen LogP contribution in [0.2, 0.25) is 5.02 Å². The summed E-state index contributed by atoms with van der Waals surface area (Å²) >= 11 is 5.89. The molecule has 0 aliphatic rings. The van der Waals surface area contributed by atoms with Gasteiger partial charge in [0.2, 0.25) is 0 Å². The van der Waals surface area contributed by atoms with Crippen molar-refractivity contribution in [1.29, 1.82) is 0 Å². The maximum atomic E-state index is 11.9. The maximum Gasteiger partial charge on any atom is 0.257 e. The molecule has 0 unspecified atom stereocenters. The highest BCUT2D eigenvalue weighted by Crippen LogP contribution is 2.20. The normalized spacial score (nSPS) is 10.3. The van der Waals surface area contributed by atoms with Crippen LogP contribution in [0.25, 0.3) is 0 Å². The summed E-state index contributed by atoms with van der Waals surface area (Å²) in [5.41, 5.74) is 2.36. The quantitative estimate of drug-likeness (QED) is 0.870. The minimum Gasteiger partial charge on any atom is -0.356 e. The Balaban J connectivity index is 2.21. The lowest BCUT2D eigenvalue weighted by atomic mass is 10.2. The molecule has 0 saturated carbocycles. The number of nitrogens with zero attached hydrogens (tertiary/aromatic N) is 1. The summed E-state index contributed by atoms with van der Waals surface area (Å²) in [6.45, 7) is 1.93. The highest BCUT2D eigenvalue weighted by Gasteiger charge is 2.08. The number of halogens is 1. The van der Waals surface area contributed by atoms with Crippen molar-refractivity contribution in [3.05, 3.63) is 52.8 Å². The van der Waals surface area contributed by atoms with Gasteiger partial charge in [-0.2, -0.15) is 0 Å². The zero-order valence-corrected chi connectivity index (χ0v) is 10.5. The summed E-state index contributed by atoms with van der Waals surface area (Å²) in [6, 6.07) is 7.20. The fourth-order valence-electron chi connectivity index (χ4n) is 1.56. The summed E-state index contributed by atoms with van der Waals surface area (Å²) in [7, 11) is 1.88. The molecule has 17 heavy (non-hydrogen) atoms. The Kier molecular flexibility index (Phi) is 3.20. The minimum absolute atomic E-state index is 0.129. The van der Waals surface area contributed by atoms with Crippen LogP contribution in [0.3, 0.4) is 0 Å². The highest BCUT2D eigenvalue weighted by molar-refractivity contribution is 6.31. The van der Waals surface area contributed by atoms with Gasteiger partial charge in [0, 0.05) is 30.2 Å². The average Bonchev–Trinajstić information content (AvgIpc) is 2.70. The highest BCUT2D eigenvalue weighted by atomic mass is 35.5. The van der Waals surface area contributed by atoms with Crippen molar-refractivity contribution in [3.63, 3.8) is 0 Å². The maximum absolute atomic E-state index is 11.9. The summed E-state index contributed by atoms with van der Waals surface area (Å²) < 4.78 is 1.83. The monoisotopic (exact) mass is 248 g/mol. The summed E-state index contributed by atoms with van der Waals surface area (Å²) in [5.74, 6) is -0.129. The van der Waals surface area contributed by atoms with E-state index >= 15 is 0 Å². The molecule has 1 amide bonds. The number of aromatic nitrogens is 1. The number of carbonyl (C=O) groups is 1. The molecule has 1 aromatic carbocycles. The Hall–Kier alpha value is -1.74. The predicted molar refractivity (Wildman–Crippen MR) is 69.6 cm³/mol. The third-order valence-corrected chi connectivity index (χ3v) is 2.78. The smallest absolute Gasteiger partial charge is 0.257 e. The summed E-state index contributed by atoms with van der Waals surface area (Å²) in [6.07, 6.45) is 3.61. The fraction of sp³-hybridized carbons (Fsp3) is 0.154. The Labute approximate surface area is 105 Å². The molecule has 0 bridgehead atoms. The first kappa shape index (κ1) is 11.7. The molecule has 0 atom stereocenters. The first-order valence-corrected chi connectivity index (χ1v) is 5.63. The first-order chi connectivity index (χ1) is 8.06. The molecule has 4 heteroatoms. The van der Waals surface area contributed by atoms with Crippen LogP contribution in [-0.2, 0) is 7.05 Å². The average molecular weight is 249 g/mol. The van der Waals surface area contributed by atoms with E-state index < -0.39 is 0 Å². The zero-order chi connectivity index (χ0) is 12.4. The van der Waals surface area contributed by atoms with Crippen molar-refractivity contribution in [2.75, 3.05) is 5.32 Å². The second-order valence-electron chi connectivity index (χ2n) is 3.98. The SMILES string of the molecule is Cc1ccc(Cl)cc1NC(=O)c1ccn(C)c1. The van der Waals surface area contributed by atoms with Crippen molar-refractivity contribution >= 4 is 23.2 Å². The lowest BCUT2D eigenvalue weighted by Gasteiger charge is -2.07. The predicted octanol–water partition coefficient (Wildman–Crippen LogP) is 3.24. The molecule has 88 valence electrons. The van der Waals surface area contributed by atoms with Crippen LogP contribution in [0.4, 0.5) is 5.69 Å². The number of nitrogens with one attached hydrogen (secondary N) is 1. The molecule has 1 heterocycles. The Morgan fingerprint density at radius 2 is 2.12 bits per heavy atom. The Bertz CT molecular complexity index is 560. The molecule has 3 nitrogen and oxygen atoms in total. The van der Waals surface area contributed by atoms with Crippen LogP contribution in [0.15, 0.2) is 36.7 Å². The van der Waals surface area contributed by atoms with Crippen LogP contribution in [0.1, 0.15) is 15.9 Å². The molecule has 0 spiro atoms. The van der Waals surface area contributed by atoms with Gasteiger partial charge in [-0.25, -0.2) is 0 Å². The largest absolute Gasteiger partial charge is 0.356 e. The van der Waals surface area contributed by atoms with Gasteiger partial charge in [-0.3, -0.25) is 4.79 Å². The van der Waals surface area contributed by atoms with Crippen LogP contribution < -0.4 is 5.32 Å². The van der Waals surface area contributed by atoms with E-state index in [9.17, 15) is 4.79 Å². The van der Waals surface area contributed by atoms with E-state index in [4.69, 9.17) is 11.6 Å². The standard InChI is InChI=1S/C13H13ClN2O/c1-9-3-4-11(14)7-12(9)15-13(17)10-5-6-16(2)8-10/h3-8H,1-2H3,(H,15,17). The van der Waals surface area contributed by atoms with Gasteiger partial charge in [0.05, 0.1) is 5.56 Å². The number of amides is 1. The number of aryl methyl sites for hydroxylation is 2. The van der Waals surface area contributed by atoms with Crippen LogP contribution in [0, 0.1) is 6.92 Å². The van der Waals surface area contributed by atoms with Crippen molar-refractivity contribution in [3.8, 4) is 0 Å². The minimum atomic E-state index is -0.129. The number of carbonyl (C=O) groups excluding carboxylic acids is 1. The first-order valence-electron chi connectivity index (χ1n) is 5.26. The molecule has 2 rings (SSSR count). The second-order valence-corrected chi connectivity index (χ2v) is 4.42. The van der Waals surface area contributed by atoms with E-state index in [-0.39, 0.29) is 5.91 Å². The number of rotatable bonds is 2. The van der Waals surface area contributed by atoms with Crippen molar-refractivity contribution < 1.29 is 4.79 Å². The molecular weight excluding hydrogens is 236 g/mol. The van der Waals surface area contributed by atoms with Crippen LogP contribution >= 0.6 is 11.6 Å². The number of hydrogen-bond donors (Lipinski definition) is 1. The van der Waals surface area contributed by atoms with Crippen molar-refractivity contribution in [1.82, 2.24) is 4.57 Å². The van der Waals surface area contributed by atoms with Crippen LogP contribution in [-0.4, -0.2) is 10.5 Å². The topological polar surface area (TPSA) is 34.0 Å². The van der Waals surface area contributed by atoms with Gasteiger partial charge in [0.15, 0.2) is 0 Å². The number of anilines is 1. The van der Waals surface area contributed by atoms with Crippen molar-refractivity contribution in [2.45, 2.75) is 6.92 Å². The lowest BCUT2D eigenvalue weighted by Crippen LogP contribution is -2.12. The molecule has 0 saturated heterocycles.